The maximum Gasteiger partial charge on any atom is 0.142 e. The summed E-state index contributed by atoms with van der Waals surface area (Å²) in [5, 5.41) is 4.45. The van der Waals surface area contributed by atoms with Gasteiger partial charge in [0.2, 0.25) is 0 Å². The summed E-state index contributed by atoms with van der Waals surface area (Å²) in [6.45, 7) is 4.22. The standard InChI is InChI=1S/C15H17N5/c1-10-4-3-6-16-13(10)8-11(2)20-15-12-5-7-17-14(12)18-9-19-15/h3-7,9,11H,8H2,1-2H3,(H2,17,18,19,20)/t11-/m1/s1. The van der Waals surface area contributed by atoms with Crippen molar-refractivity contribution in [2.45, 2.75) is 26.3 Å². The van der Waals surface area contributed by atoms with Crippen LogP contribution in [0.15, 0.2) is 36.9 Å². The van der Waals surface area contributed by atoms with E-state index in [4.69, 9.17) is 0 Å². The van der Waals surface area contributed by atoms with Crippen LogP contribution in [0.5, 0.6) is 0 Å². The molecule has 3 rings (SSSR count). The molecule has 0 amide bonds. The van der Waals surface area contributed by atoms with E-state index < -0.39 is 0 Å². The smallest absolute Gasteiger partial charge is 0.142 e. The van der Waals surface area contributed by atoms with Crippen LogP contribution in [-0.2, 0) is 6.42 Å². The maximum absolute atomic E-state index is 4.43. The number of anilines is 1. The van der Waals surface area contributed by atoms with Crippen molar-refractivity contribution in [3.63, 3.8) is 0 Å². The van der Waals surface area contributed by atoms with Gasteiger partial charge in [-0.15, -0.1) is 0 Å². The van der Waals surface area contributed by atoms with Crippen LogP contribution in [-0.4, -0.2) is 26.0 Å². The molecule has 0 bridgehead atoms. The Hall–Kier alpha value is -2.43. The minimum Gasteiger partial charge on any atom is -0.367 e. The van der Waals surface area contributed by atoms with Crippen LogP contribution in [0.2, 0.25) is 0 Å². The molecule has 2 N–H and O–H groups in total. The average Bonchev–Trinajstić information content (AvgIpc) is 2.91. The first-order valence-corrected chi connectivity index (χ1v) is 6.69. The lowest BCUT2D eigenvalue weighted by molar-refractivity contribution is 0.761. The molecule has 0 aliphatic heterocycles. The second-order valence-corrected chi connectivity index (χ2v) is 4.98. The van der Waals surface area contributed by atoms with E-state index in [1.165, 1.54) is 5.56 Å². The van der Waals surface area contributed by atoms with Crippen LogP contribution in [0.4, 0.5) is 5.82 Å². The summed E-state index contributed by atoms with van der Waals surface area (Å²) in [6, 6.07) is 6.28. The molecular formula is C15H17N5. The Bertz CT molecular complexity index is 719. The molecule has 3 heterocycles. The number of aromatic amines is 1. The van der Waals surface area contributed by atoms with Gasteiger partial charge in [-0.2, -0.15) is 0 Å². The number of aryl methyl sites for hydroxylation is 1. The van der Waals surface area contributed by atoms with Gasteiger partial charge >= 0.3 is 0 Å². The second-order valence-electron chi connectivity index (χ2n) is 4.98. The van der Waals surface area contributed by atoms with Gasteiger partial charge in [-0.1, -0.05) is 6.07 Å². The number of nitrogens with zero attached hydrogens (tertiary/aromatic N) is 3. The molecule has 3 aromatic rings. The van der Waals surface area contributed by atoms with Crippen molar-refractivity contribution >= 4 is 16.9 Å². The average molecular weight is 267 g/mol. The van der Waals surface area contributed by atoms with Crippen LogP contribution >= 0.6 is 0 Å². The monoisotopic (exact) mass is 267 g/mol. The molecule has 5 heteroatoms. The van der Waals surface area contributed by atoms with Gasteiger partial charge < -0.3 is 10.3 Å². The molecule has 20 heavy (non-hydrogen) atoms. The Balaban J connectivity index is 1.78. The first-order chi connectivity index (χ1) is 9.74. The minimum absolute atomic E-state index is 0.247. The Morgan fingerprint density at radius 1 is 1.25 bits per heavy atom. The lowest BCUT2D eigenvalue weighted by Crippen LogP contribution is -2.20. The number of hydrogen-bond donors (Lipinski definition) is 2. The summed E-state index contributed by atoms with van der Waals surface area (Å²) in [5.74, 6) is 0.859. The van der Waals surface area contributed by atoms with Crippen molar-refractivity contribution < 1.29 is 0 Å². The number of fused-ring (bicyclic) bond motifs is 1. The third-order valence-electron chi connectivity index (χ3n) is 3.35. The minimum atomic E-state index is 0.247. The van der Waals surface area contributed by atoms with Gasteiger partial charge in [-0.25, -0.2) is 9.97 Å². The molecule has 0 spiro atoms. The van der Waals surface area contributed by atoms with Crippen LogP contribution in [0.1, 0.15) is 18.2 Å². The van der Waals surface area contributed by atoms with Crippen LogP contribution in [0.3, 0.4) is 0 Å². The van der Waals surface area contributed by atoms with Crippen LogP contribution in [0, 0.1) is 6.92 Å². The molecule has 0 radical (unpaired) electrons. The zero-order valence-electron chi connectivity index (χ0n) is 11.6. The summed E-state index contributed by atoms with van der Waals surface area (Å²) in [6.07, 6.45) is 6.14. The molecule has 3 aromatic heterocycles. The highest BCUT2D eigenvalue weighted by atomic mass is 15.0. The SMILES string of the molecule is Cc1cccnc1C[C@@H](C)Nc1ncnc2[nH]ccc12. The summed E-state index contributed by atoms with van der Waals surface area (Å²) in [5.41, 5.74) is 3.19. The van der Waals surface area contributed by atoms with Gasteiger partial charge in [-0.05, 0) is 31.5 Å². The van der Waals surface area contributed by atoms with E-state index in [2.05, 4.69) is 45.2 Å². The molecule has 0 aliphatic carbocycles. The van der Waals surface area contributed by atoms with Crippen molar-refractivity contribution in [3.8, 4) is 0 Å². The lowest BCUT2D eigenvalue weighted by Gasteiger charge is -2.15. The summed E-state index contributed by atoms with van der Waals surface area (Å²) in [7, 11) is 0. The number of hydrogen-bond acceptors (Lipinski definition) is 4. The predicted octanol–water partition coefficient (Wildman–Crippen LogP) is 2.70. The van der Waals surface area contributed by atoms with E-state index in [-0.39, 0.29) is 6.04 Å². The fourth-order valence-corrected chi connectivity index (χ4v) is 2.29. The van der Waals surface area contributed by atoms with Crippen molar-refractivity contribution in [3.05, 3.63) is 48.2 Å². The van der Waals surface area contributed by atoms with Crippen molar-refractivity contribution in [2.75, 3.05) is 5.32 Å². The molecular weight excluding hydrogens is 250 g/mol. The highest BCUT2D eigenvalue weighted by Crippen LogP contribution is 2.19. The van der Waals surface area contributed by atoms with E-state index in [0.717, 1.165) is 29.0 Å². The van der Waals surface area contributed by atoms with Gasteiger partial charge in [0.25, 0.3) is 0 Å². The van der Waals surface area contributed by atoms with Crippen molar-refractivity contribution in [1.82, 2.24) is 19.9 Å². The molecule has 102 valence electrons. The third kappa shape index (κ3) is 2.47. The van der Waals surface area contributed by atoms with Gasteiger partial charge in [-0.3, -0.25) is 4.98 Å². The van der Waals surface area contributed by atoms with E-state index in [1.54, 1.807) is 6.33 Å². The molecule has 0 saturated carbocycles. The summed E-state index contributed by atoms with van der Waals surface area (Å²) in [4.78, 5) is 16.0. The fraction of sp³-hybridized carbons (Fsp3) is 0.267. The Kier molecular flexibility index (Phi) is 3.33. The zero-order valence-corrected chi connectivity index (χ0v) is 11.6. The number of pyridine rings is 1. The molecule has 0 saturated heterocycles. The summed E-state index contributed by atoms with van der Waals surface area (Å²) >= 11 is 0. The molecule has 0 unspecified atom stereocenters. The third-order valence-corrected chi connectivity index (χ3v) is 3.35. The molecule has 5 nitrogen and oxygen atoms in total. The topological polar surface area (TPSA) is 66.5 Å². The van der Waals surface area contributed by atoms with E-state index in [0.29, 0.717) is 0 Å². The Labute approximate surface area is 117 Å². The number of H-pyrrole nitrogens is 1. The first-order valence-electron chi connectivity index (χ1n) is 6.69. The normalized spacial score (nSPS) is 12.5. The molecule has 0 fully saturated rings. The van der Waals surface area contributed by atoms with Gasteiger partial charge in [0, 0.05) is 30.6 Å². The van der Waals surface area contributed by atoms with E-state index >= 15 is 0 Å². The fourth-order valence-electron chi connectivity index (χ4n) is 2.29. The lowest BCUT2D eigenvalue weighted by atomic mass is 10.1. The van der Waals surface area contributed by atoms with Crippen LogP contribution in [0.25, 0.3) is 11.0 Å². The van der Waals surface area contributed by atoms with Gasteiger partial charge in [0.15, 0.2) is 0 Å². The Morgan fingerprint density at radius 2 is 2.15 bits per heavy atom. The highest BCUT2D eigenvalue weighted by molar-refractivity contribution is 5.86. The molecule has 1 atom stereocenters. The number of rotatable bonds is 4. The quantitative estimate of drug-likeness (QED) is 0.762. The highest BCUT2D eigenvalue weighted by Gasteiger charge is 2.10. The first kappa shape index (κ1) is 12.6. The number of aromatic nitrogens is 4. The van der Waals surface area contributed by atoms with Gasteiger partial charge in [0.05, 0.1) is 5.39 Å². The van der Waals surface area contributed by atoms with Crippen molar-refractivity contribution in [1.29, 1.82) is 0 Å². The Morgan fingerprint density at radius 3 is 3.00 bits per heavy atom. The predicted molar refractivity (Wildman–Crippen MR) is 79.7 cm³/mol. The zero-order chi connectivity index (χ0) is 13.9. The van der Waals surface area contributed by atoms with E-state index in [1.807, 2.05) is 24.5 Å². The second kappa shape index (κ2) is 5.28. The maximum atomic E-state index is 4.43. The molecule has 0 aromatic carbocycles. The van der Waals surface area contributed by atoms with Crippen molar-refractivity contribution in [2.24, 2.45) is 0 Å². The van der Waals surface area contributed by atoms with Crippen LogP contribution < -0.4 is 5.32 Å². The molecule has 0 aliphatic rings. The van der Waals surface area contributed by atoms with Gasteiger partial charge in [0.1, 0.15) is 17.8 Å². The number of nitrogens with one attached hydrogen (secondary N) is 2. The van der Waals surface area contributed by atoms with E-state index in [9.17, 15) is 0 Å². The largest absolute Gasteiger partial charge is 0.367 e. The summed E-state index contributed by atoms with van der Waals surface area (Å²) < 4.78 is 0.